The highest BCUT2D eigenvalue weighted by molar-refractivity contribution is 5.69. The average molecular weight is 316 g/mol. The van der Waals surface area contributed by atoms with E-state index in [0.29, 0.717) is 6.42 Å². The number of aryl methyl sites for hydroxylation is 1. The van der Waals surface area contributed by atoms with Crippen LogP contribution in [-0.2, 0) is 4.79 Å². The number of carboxylic acid groups (broad SMARTS) is 1. The maximum absolute atomic E-state index is 10.8. The Labute approximate surface area is 139 Å². The van der Waals surface area contributed by atoms with Crippen molar-refractivity contribution in [2.45, 2.75) is 47.5 Å². The van der Waals surface area contributed by atoms with Crippen molar-refractivity contribution in [3.63, 3.8) is 0 Å². The zero-order valence-corrected chi connectivity index (χ0v) is 15.1. The Balaban J connectivity index is 2.85. The summed E-state index contributed by atoms with van der Waals surface area (Å²) >= 11 is 0. The molecule has 0 radical (unpaired) electrons. The fraction of sp³-hybridized carbons (Fsp3) is 0.450. The van der Waals surface area contributed by atoms with Crippen LogP contribution in [0.2, 0.25) is 0 Å². The van der Waals surface area contributed by atoms with Gasteiger partial charge in [-0.05, 0) is 68.9 Å². The molecule has 23 heavy (non-hydrogen) atoms. The third-order valence-corrected chi connectivity index (χ3v) is 4.33. The van der Waals surface area contributed by atoms with Gasteiger partial charge in [-0.25, -0.2) is 0 Å². The molecule has 0 spiro atoms. The molecule has 0 saturated heterocycles. The lowest BCUT2D eigenvalue weighted by Gasteiger charge is -2.13. The molecule has 1 unspecified atom stereocenters. The molecule has 0 heterocycles. The Morgan fingerprint density at radius 1 is 1.30 bits per heavy atom. The van der Waals surface area contributed by atoms with Gasteiger partial charge in [-0.15, -0.1) is 0 Å². The predicted molar refractivity (Wildman–Crippen MR) is 96.0 cm³/mol. The van der Waals surface area contributed by atoms with Crippen molar-refractivity contribution in [3.8, 4) is 5.75 Å². The van der Waals surface area contributed by atoms with Crippen LogP contribution in [0.3, 0.4) is 0 Å². The first-order valence-electron chi connectivity index (χ1n) is 8.00. The first-order valence-corrected chi connectivity index (χ1v) is 8.00. The van der Waals surface area contributed by atoms with Gasteiger partial charge in [-0.3, -0.25) is 4.79 Å². The fourth-order valence-corrected chi connectivity index (χ4v) is 2.50. The molecule has 3 nitrogen and oxygen atoms in total. The van der Waals surface area contributed by atoms with E-state index in [1.54, 1.807) is 14.0 Å². The van der Waals surface area contributed by atoms with Crippen LogP contribution in [0.5, 0.6) is 5.75 Å². The van der Waals surface area contributed by atoms with E-state index < -0.39 is 5.97 Å². The molecule has 0 aromatic heterocycles. The number of hydrogen-bond acceptors (Lipinski definition) is 2. The minimum Gasteiger partial charge on any atom is -0.496 e. The molecule has 1 atom stereocenters. The van der Waals surface area contributed by atoms with Gasteiger partial charge < -0.3 is 9.84 Å². The number of hydrogen-bond donors (Lipinski definition) is 1. The molecule has 3 heteroatoms. The topological polar surface area (TPSA) is 46.5 Å². The monoisotopic (exact) mass is 316 g/mol. The molecule has 0 aliphatic carbocycles. The Kier molecular flexibility index (Phi) is 7.08. The van der Waals surface area contributed by atoms with Crippen molar-refractivity contribution in [2.75, 3.05) is 7.11 Å². The molecule has 1 rings (SSSR count). The summed E-state index contributed by atoms with van der Waals surface area (Å²) in [5.41, 5.74) is 5.94. The summed E-state index contributed by atoms with van der Waals surface area (Å²) < 4.78 is 5.40. The molecule has 1 aromatic carbocycles. The highest BCUT2D eigenvalue weighted by Gasteiger charge is 2.09. The Morgan fingerprint density at radius 2 is 1.96 bits per heavy atom. The van der Waals surface area contributed by atoms with Crippen molar-refractivity contribution < 1.29 is 14.6 Å². The predicted octanol–water partition coefficient (Wildman–Crippen LogP) is 5.08. The minimum absolute atomic E-state index is 0.295. The maximum Gasteiger partial charge on any atom is 0.306 e. The highest BCUT2D eigenvalue weighted by Crippen LogP contribution is 2.28. The number of carboxylic acids is 1. The van der Waals surface area contributed by atoms with Crippen molar-refractivity contribution in [1.82, 2.24) is 0 Å². The van der Waals surface area contributed by atoms with Crippen LogP contribution in [0.25, 0.3) is 6.08 Å². The van der Waals surface area contributed by atoms with E-state index >= 15 is 0 Å². The zero-order chi connectivity index (χ0) is 17.6. The lowest BCUT2D eigenvalue weighted by atomic mass is 9.96. The van der Waals surface area contributed by atoms with Crippen molar-refractivity contribution in [1.29, 1.82) is 0 Å². The molecular weight excluding hydrogens is 288 g/mol. The Bertz CT molecular complexity index is 624. The van der Waals surface area contributed by atoms with Crippen LogP contribution in [0, 0.1) is 26.7 Å². The van der Waals surface area contributed by atoms with Gasteiger partial charge in [-0.1, -0.05) is 30.7 Å². The van der Waals surface area contributed by atoms with Crippen LogP contribution in [-0.4, -0.2) is 18.2 Å². The molecular formula is C20H28O3. The summed E-state index contributed by atoms with van der Waals surface area (Å²) in [7, 11) is 1.70. The summed E-state index contributed by atoms with van der Waals surface area (Å²) in [4.78, 5) is 10.8. The lowest BCUT2D eigenvalue weighted by Crippen LogP contribution is -2.08. The highest BCUT2D eigenvalue weighted by atomic mass is 16.5. The fourth-order valence-electron chi connectivity index (χ4n) is 2.50. The van der Waals surface area contributed by atoms with E-state index in [-0.39, 0.29) is 5.92 Å². The maximum atomic E-state index is 10.8. The van der Waals surface area contributed by atoms with Gasteiger partial charge in [0.2, 0.25) is 0 Å². The molecule has 0 aliphatic rings. The Morgan fingerprint density at radius 3 is 2.52 bits per heavy atom. The molecule has 1 N–H and O–H groups in total. The summed E-state index contributed by atoms with van der Waals surface area (Å²) in [5.74, 6) is -0.101. The number of aliphatic carboxylic acids is 1. The van der Waals surface area contributed by atoms with Crippen molar-refractivity contribution in [2.24, 2.45) is 5.92 Å². The largest absolute Gasteiger partial charge is 0.496 e. The molecule has 0 amide bonds. The zero-order valence-electron chi connectivity index (χ0n) is 15.1. The van der Waals surface area contributed by atoms with Crippen molar-refractivity contribution in [3.05, 3.63) is 46.0 Å². The second-order valence-corrected chi connectivity index (χ2v) is 6.16. The second-order valence-electron chi connectivity index (χ2n) is 6.16. The first kappa shape index (κ1) is 19.0. The lowest BCUT2D eigenvalue weighted by molar-refractivity contribution is -0.141. The van der Waals surface area contributed by atoms with E-state index in [2.05, 4.69) is 45.1 Å². The van der Waals surface area contributed by atoms with Crippen LogP contribution >= 0.6 is 0 Å². The van der Waals surface area contributed by atoms with Crippen molar-refractivity contribution >= 4 is 12.0 Å². The van der Waals surface area contributed by atoms with Gasteiger partial charge in [0.1, 0.15) is 5.75 Å². The number of rotatable bonds is 7. The average Bonchev–Trinajstić information content (AvgIpc) is 2.50. The van der Waals surface area contributed by atoms with Gasteiger partial charge in [0.15, 0.2) is 0 Å². The number of ether oxygens (including phenoxy) is 1. The summed E-state index contributed by atoms with van der Waals surface area (Å²) in [6.07, 6.45) is 7.76. The normalized spacial score (nSPS) is 13.4. The molecule has 1 aromatic rings. The van der Waals surface area contributed by atoms with Gasteiger partial charge in [0.05, 0.1) is 13.0 Å². The number of carbonyl (C=O) groups is 1. The quantitative estimate of drug-likeness (QED) is 0.713. The van der Waals surface area contributed by atoms with Crippen LogP contribution < -0.4 is 4.74 Å². The minimum atomic E-state index is -0.730. The second kappa shape index (κ2) is 8.56. The number of benzene rings is 1. The summed E-state index contributed by atoms with van der Waals surface area (Å²) in [6.45, 7) is 10.1. The molecule has 0 fully saturated rings. The van der Waals surface area contributed by atoms with E-state index in [1.165, 1.54) is 16.7 Å². The number of methoxy groups -OCH3 is 1. The number of allylic oxidation sites excluding steroid dienone is 3. The van der Waals surface area contributed by atoms with E-state index in [0.717, 1.165) is 23.3 Å². The molecule has 126 valence electrons. The van der Waals surface area contributed by atoms with E-state index in [1.807, 2.05) is 6.92 Å². The third-order valence-electron chi connectivity index (χ3n) is 4.33. The van der Waals surface area contributed by atoms with E-state index in [4.69, 9.17) is 9.84 Å². The van der Waals surface area contributed by atoms with E-state index in [9.17, 15) is 4.79 Å². The summed E-state index contributed by atoms with van der Waals surface area (Å²) in [5, 5.41) is 8.88. The Hall–Kier alpha value is -2.03. The smallest absolute Gasteiger partial charge is 0.306 e. The standard InChI is InChI=1S/C20H28O3/c1-13(8-7-9-14(2)20(21)22)10-11-18-15(3)12-19(23-6)17(5)16(18)4/h8,10-12,14H,7,9H2,1-6H3,(H,21,22)/b11-10+,13-8+. The van der Waals surface area contributed by atoms with Gasteiger partial charge in [0, 0.05) is 0 Å². The van der Waals surface area contributed by atoms with Gasteiger partial charge in [-0.2, -0.15) is 0 Å². The van der Waals surface area contributed by atoms with Crippen LogP contribution in [0.4, 0.5) is 0 Å². The van der Waals surface area contributed by atoms with Crippen LogP contribution in [0.15, 0.2) is 23.8 Å². The SMILES string of the molecule is COc1cc(C)c(/C=C/C(C)=C/CCC(C)C(=O)O)c(C)c1C. The van der Waals surface area contributed by atoms with Crippen LogP contribution in [0.1, 0.15) is 48.9 Å². The molecule has 0 saturated carbocycles. The third kappa shape index (κ3) is 5.27. The first-order chi connectivity index (χ1) is 10.8. The van der Waals surface area contributed by atoms with Gasteiger partial charge >= 0.3 is 5.97 Å². The molecule has 0 aliphatic heterocycles. The molecule has 0 bridgehead atoms. The van der Waals surface area contributed by atoms with Gasteiger partial charge in [0.25, 0.3) is 0 Å². The summed E-state index contributed by atoms with van der Waals surface area (Å²) in [6, 6.07) is 2.07.